The van der Waals surface area contributed by atoms with E-state index in [0.29, 0.717) is 16.3 Å². The molecule has 9 heteroatoms. The first-order valence-corrected chi connectivity index (χ1v) is 10.9. The van der Waals surface area contributed by atoms with Crippen LogP contribution in [0.25, 0.3) is 6.08 Å². The molecule has 0 fully saturated rings. The van der Waals surface area contributed by atoms with Gasteiger partial charge >= 0.3 is 0 Å². The average molecular weight is 525 g/mol. The number of hydrazine groups is 1. The van der Waals surface area contributed by atoms with E-state index in [0.717, 1.165) is 10.0 Å². The Morgan fingerprint density at radius 2 is 1.87 bits per heavy atom. The van der Waals surface area contributed by atoms with Crippen molar-refractivity contribution in [3.63, 3.8) is 0 Å². The number of carbonyl (C=O) groups is 2. The van der Waals surface area contributed by atoms with E-state index < -0.39 is 11.8 Å². The minimum atomic E-state index is -0.467. The highest BCUT2D eigenvalue weighted by Gasteiger charge is 2.15. The number of halogens is 2. The molecule has 2 amide bonds. The molecule has 0 spiro atoms. The maximum Gasteiger partial charge on any atom is 0.276 e. The van der Waals surface area contributed by atoms with Crippen LogP contribution in [-0.2, 0) is 15.0 Å². The molecule has 2 rings (SSSR count). The van der Waals surface area contributed by atoms with Crippen LogP contribution in [0.5, 0.6) is 5.75 Å². The Morgan fingerprint density at radius 3 is 2.52 bits per heavy atom. The molecule has 0 radical (unpaired) electrons. The number of thiocarbonyl (C=S) groups is 1. The van der Waals surface area contributed by atoms with Crippen LogP contribution in [0.15, 0.2) is 53.0 Å². The minimum Gasteiger partial charge on any atom is -0.483 e. The third kappa shape index (κ3) is 8.32. The van der Waals surface area contributed by atoms with Gasteiger partial charge in [-0.15, -0.1) is 0 Å². The summed E-state index contributed by atoms with van der Waals surface area (Å²) in [6.45, 7) is 6.11. The van der Waals surface area contributed by atoms with Gasteiger partial charge in [-0.25, -0.2) is 0 Å². The molecule has 0 atom stereocenters. The average Bonchev–Trinajstić information content (AvgIpc) is 2.70. The van der Waals surface area contributed by atoms with Crippen LogP contribution < -0.4 is 20.9 Å². The first-order valence-electron chi connectivity index (χ1n) is 9.31. The quantitative estimate of drug-likeness (QED) is 0.305. The van der Waals surface area contributed by atoms with E-state index in [1.807, 2.05) is 24.3 Å². The molecule has 0 heterocycles. The second kappa shape index (κ2) is 11.3. The molecule has 0 unspecified atom stereocenters. The molecule has 3 N–H and O–H groups in total. The van der Waals surface area contributed by atoms with E-state index >= 15 is 0 Å². The molecule has 2 aromatic carbocycles. The van der Waals surface area contributed by atoms with Gasteiger partial charge in [0.1, 0.15) is 5.75 Å². The van der Waals surface area contributed by atoms with Crippen LogP contribution in [0.2, 0.25) is 5.02 Å². The van der Waals surface area contributed by atoms with Gasteiger partial charge in [-0.1, -0.05) is 56.6 Å². The summed E-state index contributed by atoms with van der Waals surface area (Å²) in [7, 11) is 0. The van der Waals surface area contributed by atoms with Crippen molar-refractivity contribution in [2.45, 2.75) is 26.2 Å². The second-order valence-corrected chi connectivity index (χ2v) is 9.20. The highest BCUT2D eigenvalue weighted by molar-refractivity contribution is 9.10. The molecule has 0 saturated heterocycles. The minimum absolute atomic E-state index is 0.00498. The molecule has 31 heavy (non-hydrogen) atoms. The van der Waals surface area contributed by atoms with Crippen molar-refractivity contribution in [2.75, 3.05) is 6.61 Å². The number of amides is 2. The van der Waals surface area contributed by atoms with E-state index in [2.05, 4.69) is 52.9 Å². The molecule has 0 aliphatic carbocycles. The van der Waals surface area contributed by atoms with Crippen molar-refractivity contribution >= 4 is 62.8 Å². The fourth-order valence-electron chi connectivity index (χ4n) is 2.35. The maximum absolute atomic E-state index is 12.0. The molecule has 0 aromatic heterocycles. The number of rotatable bonds is 5. The third-order valence-corrected chi connectivity index (χ3v) is 5.20. The summed E-state index contributed by atoms with van der Waals surface area (Å²) in [5, 5.41) is 2.89. The molecule has 2 aromatic rings. The summed E-state index contributed by atoms with van der Waals surface area (Å²) in [5.74, 6) is -0.385. The van der Waals surface area contributed by atoms with E-state index in [1.165, 1.54) is 6.08 Å². The van der Waals surface area contributed by atoms with Crippen LogP contribution in [-0.4, -0.2) is 23.5 Å². The van der Waals surface area contributed by atoms with Crippen molar-refractivity contribution in [2.24, 2.45) is 0 Å². The van der Waals surface area contributed by atoms with Gasteiger partial charge in [-0.3, -0.25) is 25.8 Å². The summed E-state index contributed by atoms with van der Waals surface area (Å²) < 4.78 is 6.28. The lowest BCUT2D eigenvalue weighted by Crippen LogP contribution is -2.49. The number of nitrogens with one attached hydrogen (secondary N) is 3. The smallest absolute Gasteiger partial charge is 0.276 e. The molecule has 6 nitrogen and oxygen atoms in total. The van der Waals surface area contributed by atoms with Gasteiger partial charge in [-0.05, 0) is 69.0 Å². The fourth-order valence-corrected chi connectivity index (χ4v) is 3.19. The normalized spacial score (nSPS) is 11.1. The summed E-state index contributed by atoms with van der Waals surface area (Å²) in [6, 6.07) is 12.8. The van der Waals surface area contributed by atoms with Gasteiger partial charge in [0, 0.05) is 11.1 Å². The van der Waals surface area contributed by atoms with Crippen molar-refractivity contribution in [3.05, 3.63) is 69.2 Å². The second-order valence-electron chi connectivity index (χ2n) is 7.53. The Bertz CT molecular complexity index is 1010. The number of benzene rings is 2. The number of ether oxygens (including phenoxy) is 1. The largest absolute Gasteiger partial charge is 0.483 e. The SMILES string of the molecule is CC(C)(C)c1ccc(OCC(=O)NNC(=S)NC(=O)C=Cc2ccccc2Cl)c(Br)c1. The van der Waals surface area contributed by atoms with E-state index in [-0.39, 0.29) is 17.1 Å². The van der Waals surface area contributed by atoms with Gasteiger partial charge in [0.15, 0.2) is 11.7 Å². The van der Waals surface area contributed by atoms with Crippen LogP contribution in [0, 0.1) is 0 Å². The van der Waals surface area contributed by atoms with E-state index in [1.54, 1.807) is 24.3 Å². The summed E-state index contributed by atoms with van der Waals surface area (Å²) in [6.07, 6.45) is 2.86. The Hall–Kier alpha value is -2.42. The number of hydrogen-bond donors (Lipinski definition) is 3. The summed E-state index contributed by atoms with van der Waals surface area (Å²) in [4.78, 5) is 23.9. The zero-order chi connectivity index (χ0) is 23.0. The van der Waals surface area contributed by atoms with Crippen molar-refractivity contribution in [1.29, 1.82) is 0 Å². The van der Waals surface area contributed by atoms with Crippen molar-refractivity contribution in [3.8, 4) is 5.75 Å². The molecule has 0 aliphatic heterocycles. The van der Waals surface area contributed by atoms with Gasteiger partial charge in [-0.2, -0.15) is 0 Å². The summed E-state index contributed by atoms with van der Waals surface area (Å²) in [5.41, 5.74) is 6.66. The lowest BCUT2D eigenvalue weighted by molar-refractivity contribution is -0.123. The number of hydrogen-bond acceptors (Lipinski definition) is 4. The van der Waals surface area contributed by atoms with Crippen molar-refractivity contribution < 1.29 is 14.3 Å². The first kappa shape index (κ1) is 24.8. The zero-order valence-corrected chi connectivity index (χ0v) is 20.5. The zero-order valence-electron chi connectivity index (χ0n) is 17.3. The molecule has 0 aliphatic rings. The molecule has 164 valence electrons. The van der Waals surface area contributed by atoms with Crippen LogP contribution in [0.1, 0.15) is 31.9 Å². The van der Waals surface area contributed by atoms with E-state index in [4.69, 9.17) is 28.6 Å². The predicted octanol–water partition coefficient (Wildman–Crippen LogP) is 4.51. The van der Waals surface area contributed by atoms with Crippen LogP contribution in [0.3, 0.4) is 0 Å². The molecule has 0 saturated carbocycles. The first-order chi connectivity index (χ1) is 14.6. The standard InChI is InChI=1S/C22H23BrClN3O3S/c1-22(2,3)15-9-10-18(16(23)12-15)30-13-20(29)26-27-21(31)25-19(28)11-8-14-6-4-5-7-17(14)24/h4-12H,13H2,1-3H3,(H,26,29)(H2,25,27,28,31). The molecular weight excluding hydrogens is 502 g/mol. The fraction of sp³-hybridized carbons (Fsp3) is 0.227. The maximum atomic E-state index is 12.0. The van der Waals surface area contributed by atoms with Crippen LogP contribution in [0.4, 0.5) is 0 Å². The van der Waals surface area contributed by atoms with Gasteiger partial charge in [0.2, 0.25) is 5.91 Å². The Labute approximate surface area is 200 Å². The van der Waals surface area contributed by atoms with Crippen LogP contribution >= 0.6 is 39.7 Å². The third-order valence-electron chi connectivity index (χ3n) is 4.03. The Morgan fingerprint density at radius 1 is 1.16 bits per heavy atom. The highest BCUT2D eigenvalue weighted by Crippen LogP contribution is 2.31. The Kier molecular flexibility index (Phi) is 9.03. The van der Waals surface area contributed by atoms with Gasteiger partial charge in [0.25, 0.3) is 5.91 Å². The van der Waals surface area contributed by atoms with Gasteiger partial charge < -0.3 is 4.74 Å². The predicted molar refractivity (Wildman–Crippen MR) is 131 cm³/mol. The summed E-state index contributed by atoms with van der Waals surface area (Å²) >= 11 is 14.5. The van der Waals surface area contributed by atoms with E-state index in [9.17, 15) is 9.59 Å². The van der Waals surface area contributed by atoms with Crippen molar-refractivity contribution in [1.82, 2.24) is 16.2 Å². The molecular formula is C22H23BrClN3O3S. The Balaban J connectivity index is 1.76. The monoisotopic (exact) mass is 523 g/mol. The topological polar surface area (TPSA) is 79.5 Å². The number of carbonyl (C=O) groups excluding carboxylic acids is 2. The lowest BCUT2D eigenvalue weighted by Gasteiger charge is -2.20. The van der Waals surface area contributed by atoms with Gasteiger partial charge in [0.05, 0.1) is 4.47 Å². The molecule has 0 bridgehead atoms. The highest BCUT2D eigenvalue weighted by atomic mass is 79.9. The lowest BCUT2D eigenvalue weighted by atomic mass is 9.87.